The lowest BCUT2D eigenvalue weighted by Crippen LogP contribution is -2.42. The molecule has 1 aliphatic rings. The lowest BCUT2D eigenvalue weighted by molar-refractivity contribution is 0.189. The number of urea groups is 1. The molecule has 6 nitrogen and oxygen atoms in total. The molecule has 1 atom stereocenters. The van der Waals surface area contributed by atoms with Crippen molar-refractivity contribution >= 4 is 28.0 Å². The molecular formula is C16H17N5O. The van der Waals surface area contributed by atoms with Gasteiger partial charge in [0.25, 0.3) is 0 Å². The monoisotopic (exact) mass is 295 g/mol. The van der Waals surface area contributed by atoms with Gasteiger partial charge in [-0.05, 0) is 30.5 Å². The molecule has 1 unspecified atom stereocenters. The Hall–Kier alpha value is -2.63. The second-order valence-corrected chi connectivity index (χ2v) is 5.79. The Labute approximate surface area is 127 Å². The van der Waals surface area contributed by atoms with Gasteiger partial charge in [0.2, 0.25) is 0 Å². The number of nitrogens with two attached hydrogens (primary N) is 1. The van der Waals surface area contributed by atoms with Crippen LogP contribution in [0.25, 0.3) is 21.9 Å². The van der Waals surface area contributed by atoms with Gasteiger partial charge in [-0.3, -0.25) is 0 Å². The highest BCUT2D eigenvalue weighted by Gasteiger charge is 2.25. The molecule has 6 heteroatoms. The summed E-state index contributed by atoms with van der Waals surface area (Å²) >= 11 is 0. The van der Waals surface area contributed by atoms with E-state index in [9.17, 15) is 4.79 Å². The van der Waals surface area contributed by atoms with Crippen LogP contribution in [-0.4, -0.2) is 39.0 Å². The molecule has 3 aromatic rings. The van der Waals surface area contributed by atoms with Crippen molar-refractivity contribution < 1.29 is 4.79 Å². The molecule has 0 aliphatic carbocycles. The molecule has 3 N–H and O–H groups in total. The number of carbonyl (C=O) groups is 1. The smallest absolute Gasteiger partial charge is 0.314 e. The van der Waals surface area contributed by atoms with Crippen LogP contribution in [0.2, 0.25) is 0 Å². The maximum absolute atomic E-state index is 11.5. The Morgan fingerprint density at radius 2 is 2.27 bits per heavy atom. The minimum absolute atomic E-state index is 0.291. The lowest BCUT2D eigenvalue weighted by atomic mass is 9.88. The number of primary amides is 1. The van der Waals surface area contributed by atoms with E-state index in [2.05, 4.69) is 21.0 Å². The van der Waals surface area contributed by atoms with Crippen LogP contribution in [0.5, 0.6) is 0 Å². The van der Waals surface area contributed by atoms with Gasteiger partial charge in [-0.15, -0.1) is 0 Å². The van der Waals surface area contributed by atoms with E-state index in [1.54, 1.807) is 11.1 Å². The molecule has 1 saturated heterocycles. The number of carbonyl (C=O) groups excluding carboxylic acids is 1. The molecule has 3 aromatic heterocycles. The van der Waals surface area contributed by atoms with Crippen molar-refractivity contribution in [3.8, 4) is 0 Å². The van der Waals surface area contributed by atoms with Crippen molar-refractivity contribution in [1.29, 1.82) is 0 Å². The maximum atomic E-state index is 11.5. The minimum atomic E-state index is -0.335. The first-order chi connectivity index (χ1) is 10.7. The van der Waals surface area contributed by atoms with Crippen molar-refractivity contribution in [3.05, 3.63) is 36.3 Å². The summed E-state index contributed by atoms with van der Waals surface area (Å²) in [5.74, 6) is 0.291. The molecule has 4 heterocycles. The molecule has 0 spiro atoms. The standard InChI is InChI=1S/C16H17N5O/c17-16(22)21-7-1-2-10(9-21)11-3-5-18-13-8-20-15-12(14(11)13)4-6-19-15/h3-6,8,10,18H,1-2,7,9H2,(H2,17,22). The van der Waals surface area contributed by atoms with Crippen LogP contribution >= 0.6 is 0 Å². The van der Waals surface area contributed by atoms with Gasteiger partial charge < -0.3 is 15.6 Å². The average molecular weight is 295 g/mol. The highest BCUT2D eigenvalue weighted by atomic mass is 16.2. The van der Waals surface area contributed by atoms with Crippen LogP contribution in [0, 0.1) is 0 Å². The van der Waals surface area contributed by atoms with Crippen molar-refractivity contribution in [1.82, 2.24) is 19.9 Å². The Kier molecular flexibility index (Phi) is 2.96. The number of nitrogens with zero attached hydrogens (tertiary/aromatic N) is 3. The number of fused-ring (bicyclic) bond motifs is 3. The van der Waals surface area contributed by atoms with Gasteiger partial charge in [-0.1, -0.05) is 0 Å². The fourth-order valence-electron chi connectivity index (χ4n) is 3.46. The Balaban J connectivity index is 1.87. The molecule has 4 rings (SSSR count). The largest absolute Gasteiger partial charge is 0.360 e. The Bertz CT molecular complexity index is 856. The van der Waals surface area contributed by atoms with E-state index in [1.807, 2.05) is 18.5 Å². The van der Waals surface area contributed by atoms with Crippen molar-refractivity contribution in [2.75, 3.05) is 13.1 Å². The molecule has 1 aliphatic heterocycles. The summed E-state index contributed by atoms with van der Waals surface area (Å²) in [5, 5.41) is 2.21. The topological polar surface area (TPSA) is 87.9 Å². The number of hydrogen-bond acceptors (Lipinski definition) is 3. The quantitative estimate of drug-likeness (QED) is 0.722. The number of aromatic nitrogens is 3. The van der Waals surface area contributed by atoms with Crippen LogP contribution in [0.15, 0.2) is 30.7 Å². The van der Waals surface area contributed by atoms with E-state index < -0.39 is 0 Å². The number of piperidine rings is 1. The molecule has 1 fully saturated rings. The van der Waals surface area contributed by atoms with Crippen molar-refractivity contribution in [2.24, 2.45) is 5.73 Å². The summed E-state index contributed by atoms with van der Waals surface area (Å²) in [5.41, 5.74) is 8.45. The highest BCUT2D eigenvalue weighted by molar-refractivity contribution is 6.05. The molecule has 0 bridgehead atoms. The third kappa shape index (κ3) is 1.99. The molecular weight excluding hydrogens is 278 g/mol. The zero-order valence-electron chi connectivity index (χ0n) is 12.1. The van der Waals surface area contributed by atoms with E-state index in [1.165, 1.54) is 5.56 Å². The molecule has 22 heavy (non-hydrogen) atoms. The third-order valence-corrected chi connectivity index (χ3v) is 4.50. The van der Waals surface area contributed by atoms with Crippen molar-refractivity contribution in [2.45, 2.75) is 18.8 Å². The van der Waals surface area contributed by atoms with Gasteiger partial charge in [0, 0.05) is 42.2 Å². The van der Waals surface area contributed by atoms with Gasteiger partial charge in [-0.25, -0.2) is 14.8 Å². The summed E-state index contributed by atoms with van der Waals surface area (Å²) in [6.45, 7) is 1.42. The number of hydrogen-bond donors (Lipinski definition) is 2. The van der Waals surface area contributed by atoms with Crippen LogP contribution in [0.1, 0.15) is 24.3 Å². The van der Waals surface area contributed by atoms with Crippen molar-refractivity contribution in [3.63, 3.8) is 0 Å². The van der Waals surface area contributed by atoms with Gasteiger partial charge >= 0.3 is 6.03 Å². The molecule has 0 aromatic carbocycles. The average Bonchev–Trinajstić information content (AvgIpc) is 3.03. The van der Waals surface area contributed by atoms with Crippen LogP contribution in [0.4, 0.5) is 4.79 Å². The predicted molar refractivity (Wildman–Crippen MR) is 84.5 cm³/mol. The van der Waals surface area contributed by atoms with Crippen LogP contribution < -0.4 is 5.73 Å². The summed E-state index contributed by atoms with van der Waals surface area (Å²) in [6, 6.07) is 3.76. The first-order valence-corrected chi connectivity index (χ1v) is 7.49. The van der Waals surface area contributed by atoms with Gasteiger partial charge in [0.1, 0.15) is 0 Å². The lowest BCUT2D eigenvalue weighted by Gasteiger charge is -2.32. The number of nitrogens with one attached hydrogen (secondary N) is 1. The Morgan fingerprint density at radius 3 is 3.14 bits per heavy atom. The fraction of sp³-hybridized carbons (Fsp3) is 0.312. The zero-order valence-corrected chi connectivity index (χ0v) is 12.1. The highest BCUT2D eigenvalue weighted by Crippen LogP contribution is 2.34. The normalized spacial score (nSPS) is 18.9. The minimum Gasteiger partial charge on any atom is -0.360 e. The van der Waals surface area contributed by atoms with Crippen LogP contribution in [-0.2, 0) is 0 Å². The SMILES string of the molecule is NC(=O)N1CCCC(c2cc[nH]c3cnc4nccc4c23)C1. The third-order valence-electron chi connectivity index (χ3n) is 4.50. The van der Waals surface area contributed by atoms with Crippen LogP contribution in [0.3, 0.4) is 0 Å². The second-order valence-electron chi connectivity index (χ2n) is 5.79. The molecule has 2 amide bonds. The van der Waals surface area contributed by atoms with E-state index in [0.717, 1.165) is 41.3 Å². The number of amides is 2. The van der Waals surface area contributed by atoms with Gasteiger partial charge in [-0.2, -0.15) is 0 Å². The van der Waals surface area contributed by atoms with E-state index in [-0.39, 0.29) is 6.03 Å². The fourth-order valence-corrected chi connectivity index (χ4v) is 3.46. The first-order valence-electron chi connectivity index (χ1n) is 7.49. The number of likely N-dealkylation sites (tertiary alicyclic amines) is 1. The molecule has 112 valence electrons. The summed E-state index contributed by atoms with van der Waals surface area (Å²) in [4.78, 5) is 25.1. The molecule has 0 saturated carbocycles. The number of rotatable bonds is 1. The number of H-pyrrole nitrogens is 1. The second kappa shape index (κ2) is 4.98. The Morgan fingerprint density at radius 1 is 1.36 bits per heavy atom. The number of pyridine rings is 2. The molecule has 0 radical (unpaired) electrons. The summed E-state index contributed by atoms with van der Waals surface area (Å²) < 4.78 is 0. The summed E-state index contributed by atoms with van der Waals surface area (Å²) in [7, 11) is 0. The van der Waals surface area contributed by atoms with E-state index >= 15 is 0 Å². The zero-order chi connectivity index (χ0) is 15.1. The van der Waals surface area contributed by atoms with Gasteiger partial charge in [0.15, 0.2) is 5.65 Å². The first kappa shape index (κ1) is 13.1. The summed E-state index contributed by atoms with van der Waals surface area (Å²) in [6.07, 6.45) is 7.57. The van der Waals surface area contributed by atoms with E-state index in [0.29, 0.717) is 12.5 Å². The maximum Gasteiger partial charge on any atom is 0.314 e. The van der Waals surface area contributed by atoms with E-state index in [4.69, 9.17) is 5.73 Å². The van der Waals surface area contributed by atoms with Gasteiger partial charge in [0.05, 0.1) is 11.7 Å². The predicted octanol–water partition coefficient (Wildman–Crippen LogP) is 2.37. The number of aromatic amines is 1.